The maximum Gasteiger partial charge on any atom is 0.202 e. The average molecular weight is 569 g/mol. The number of hydrogen-bond donors (Lipinski definition) is 0. The topological polar surface area (TPSA) is 89.5 Å². The third kappa shape index (κ3) is 6.17. The number of ketones is 1. The molecule has 0 amide bonds. The van der Waals surface area contributed by atoms with Gasteiger partial charge in [-0.15, -0.1) is 5.10 Å². The molecule has 0 aliphatic carbocycles. The Labute approximate surface area is 247 Å². The number of aromatic nitrogens is 4. The number of pyridine rings is 1. The zero-order chi connectivity index (χ0) is 29.3. The zero-order valence-electron chi connectivity index (χ0n) is 25.1. The van der Waals surface area contributed by atoms with Crippen LogP contribution in [0.4, 0.5) is 5.69 Å². The van der Waals surface area contributed by atoms with E-state index in [0.29, 0.717) is 5.76 Å². The number of carbonyl (C=O) groups excluding carboxylic acids is 1. The van der Waals surface area contributed by atoms with E-state index in [1.807, 2.05) is 49.8 Å². The standard InChI is InChI=1S/C33H40N6O3/c1-23-7-8-24(16-30(40)31-18-26(21-37-9-5-6-10-37)32(42-31)33(2,3)4)15-29(23)39-22-28(35-36-39)25-17-27(20-34-19-25)38-11-13-41-14-12-38/h7-8,15,17-20,22H,5-6,9-14,16,21H2,1-4H3. The lowest BCUT2D eigenvalue weighted by Gasteiger charge is -2.28. The summed E-state index contributed by atoms with van der Waals surface area (Å²) < 4.78 is 13.5. The van der Waals surface area contributed by atoms with E-state index in [0.717, 1.165) is 91.0 Å². The van der Waals surface area contributed by atoms with Gasteiger partial charge in [0.2, 0.25) is 5.78 Å². The molecule has 2 aliphatic heterocycles. The number of rotatable bonds is 8. The van der Waals surface area contributed by atoms with Gasteiger partial charge in [-0.3, -0.25) is 14.7 Å². The van der Waals surface area contributed by atoms with Gasteiger partial charge in [0, 0.05) is 48.8 Å². The highest BCUT2D eigenvalue weighted by molar-refractivity contribution is 5.95. The Bertz CT molecular complexity index is 1550. The summed E-state index contributed by atoms with van der Waals surface area (Å²) in [6.45, 7) is 14.6. The first-order valence-electron chi connectivity index (χ1n) is 14.9. The summed E-state index contributed by atoms with van der Waals surface area (Å²) in [5.74, 6) is 1.32. The van der Waals surface area contributed by atoms with Gasteiger partial charge in [0.05, 0.1) is 37.0 Å². The molecule has 5 heterocycles. The molecule has 0 spiro atoms. The Morgan fingerprint density at radius 3 is 2.55 bits per heavy atom. The smallest absolute Gasteiger partial charge is 0.202 e. The SMILES string of the molecule is Cc1ccc(CC(=O)c2cc(CN3CCCC3)c(C(C)(C)C)o2)cc1-n1cc(-c2cncc(N3CCOCC3)c2)nn1. The summed E-state index contributed by atoms with van der Waals surface area (Å²) >= 11 is 0. The summed E-state index contributed by atoms with van der Waals surface area (Å²) in [7, 11) is 0. The van der Waals surface area contributed by atoms with Crippen molar-refractivity contribution in [1.82, 2.24) is 24.9 Å². The Morgan fingerprint density at radius 1 is 1.00 bits per heavy atom. The van der Waals surface area contributed by atoms with Crippen molar-refractivity contribution in [3.05, 3.63) is 77.1 Å². The van der Waals surface area contributed by atoms with E-state index in [4.69, 9.17) is 9.15 Å². The van der Waals surface area contributed by atoms with E-state index >= 15 is 0 Å². The number of anilines is 1. The summed E-state index contributed by atoms with van der Waals surface area (Å²) in [4.78, 5) is 22.6. The fourth-order valence-corrected chi connectivity index (χ4v) is 5.86. The molecule has 0 N–H and O–H groups in total. The van der Waals surface area contributed by atoms with Crippen molar-refractivity contribution < 1.29 is 13.9 Å². The molecule has 4 aromatic rings. The van der Waals surface area contributed by atoms with Crippen LogP contribution in [0.5, 0.6) is 0 Å². The number of carbonyl (C=O) groups is 1. The van der Waals surface area contributed by atoms with Crippen LogP contribution in [0.2, 0.25) is 0 Å². The number of likely N-dealkylation sites (tertiary alicyclic amines) is 1. The third-order valence-electron chi connectivity index (χ3n) is 8.13. The molecule has 42 heavy (non-hydrogen) atoms. The van der Waals surface area contributed by atoms with Crippen molar-refractivity contribution >= 4 is 11.5 Å². The van der Waals surface area contributed by atoms with E-state index in [9.17, 15) is 4.79 Å². The Balaban J connectivity index is 1.21. The highest BCUT2D eigenvalue weighted by atomic mass is 16.5. The molecule has 0 radical (unpaired) electrons. The largest absolute Gasteiger partial charge is 0.457 e. The number of aryl methyl sites for hydroxylation is 1. The summed E-state index contributed by atoms with van der Waals surface area (Å²) in [6, 6.07) is 10.1. The zero-order valence-corrected chi connectivity index (χ0v) is 25.1. The van der Waals surface area contributed by atoms with Gasteiger partial charge in [-0.1, -0.05) is 38.1 Å². The summed E-state index contributed by atoms with van der Waals surface area (Å²) in [5.41, 5.74) is 6.50. The second-order valence-corrected chi connectivity index (χ2v) is 12.5. The van der Waals surface area contributed by atoms with E-state index in [1.165, 1.54) is 12.8 Å². The first-order valence-corrected chi connectivity index (χ1v) is 14.9. The molecule has 6 rings (SSSR count). The molecule has 3 aromatic heterocycles. The van der Waals surface area contributed by atoms with E-state index in [1.54, 1.807) is 4.68 Å². The van der Waals surface area contributed by atoms with Gasteiger partial charge in [-0.05, 0) is 62.2 Å². The molecule has 0 atom stereocenters. The second-order valence-electron chi connectivity index (χ2n) is 12.5. The van der Waals surface area contributed by atoms with Gasteiger partial charge < -0.3 is 14.1 Å². The van der Waals surface area contributed by atoms with Crippen molar-refractivity contribution in [2.24, 2.45) is 0 Å². The van der Waals surface area contributed by atoms with Crippen LogP contribution in [-0.4, -0.2) is 70.1 Å². The van der Waals surface area contributed by atoms with Crippen molar-refractivity contribution in [3.8, 4) is 16.9 Å². The van der Waals surface area contributed by atoms with E-state index in [-0.39, 0.29) is 17.6 Å². The quantitative estimate of drug-likeness (QED) is 0.262. The molecular weight excluding hydrogens is 528 g/mol. The Hall–Kier alpha value is -3.82. The fourth-order valence-electron chi connectivity index (χ4n) is 5.86. The lowest BCUT2D eigenvalue weighted by molar-refractivity contribution is 0.0963. The van der Waals surface area contributed by atoms with E-state index in [2.05, 4.69) is 51.9 Å². The number of ether oxygens (including phenoxy) is 1. The molecular formula is C33H40N6O3. The third-order valence-corrected chi connectivity index (χ3v) is 8.13. The molecule has 0 bridgehead atoms. The molecule has 9 heteroatoms. The molecule has 1 aromatic carbocycles. The first kappa shape index (κ1) is 28.3. The lowest BCUT2D eigenvalue weighted by Crippen LogP contribution is -2.36. The maximum atomic E-state index is 13.5. The predicted molar refractivity (Wildman–Crippen MR) is 162 cm³/mol. The molecule has 2 fully saturated rings. The molecule has 2 aliphatic rings. The van der Waals surface area contributed by atoms with Gasteiger partial charge in [0.25, 0.3) is 0 Å². The Morgan fingerprint density at radius 2 is 1.79 bits per heavy atom. The number of morpholine rings is 1. The van der Waals surface area contributed by atoms with Crippen LogP contribution in [0.1, 0.15) is 66.6 Å². The van der Waals surface area contributed by atoms with Gasteiger partial charge in [0.1, 0.15) is 11.5 Å². The Kier molecular flexibility index (Phi) is 7.96. The monoisotopic (exact) mass is 568 g/mol. The van der Waals surface area contributed by atoms with Crippen LogP contribution in [0, 0.1) is 6.92 Å². The lowest BCUT2D eigenvalue weighted by atomic mass is 9.90. The highest BCUT2D eigenvalue weighted by Crippen LogP contribution is 2.31. The minimum atomic E-state index is -0.174. The van der Waals surface area contributed by atoms with Crippen molar-refractivity contribution in [3.63, 3.8) is 0 Å². The summed E-state index contributed by atoms with van der Waals surface area (Å²) in [6.07, 6.45) is 8.32. The molecule has 9 nitrogen and oxygen atoms in total. The van der Waals surface area contributed by atoms with Crippen molar-refractivity contribution in [2.75, 3.05) is 44.3 Å². The fraction of sp³-hybridized carbons (Fsp3) is 0.455. The minimum Gasteiger partial charge on any atom is -0.457 e. The van der Waals surface area contributed by atoms with Crippen molar-refractivity contribution in [1.29, 1.82) is 0 Å². The van der Waals surface area contributed by atoms with Gasteiger partial charge in [0.15, 0.2) is 5.76 Å². The number of furan rings is 1. The molecule has 220 valence electrons. The maximum absolute atomic E-state index is 13.5. The number of benzene rings is 1. The molecule has 0 unspecified atom stereocenters. The second kappa shape index (κ2) is 11.8. The first-order chi connectivity index (χ1) is 20.2. The predicted octanol–water partition coefficient (Wildman–Crippen LogP) is 5.39. The molecule has 0 saturated carbocycles. The van der Waals surface area contributed by atoms with Gasteiger partial charge in [-0.2, -0.15) is 0 Å². The highest BCUT2D eigenvalue weighted by Gasteiger charge is 2.27. The van der Waals surface area contributed by atoms with Crippen LogP contribution in [0.25, 0.3) is 16.9 Å². The summed E-state index contributed by atoms with van der Waals surface area (Å²) in [5, 5.41) is 8.88. The van der Waals surface area contributed by atoms with Crippen molar-refractivity contribution in [2.45, 2.75) is 58.9 Å². The van der Waals surface area contributed by atoms with Gasteiger partial charge >= 0.3 is 0 Å². The van der Waals surface area contributed by atoms with Crippen LogP contribution in [0.15, 0.2) is 53.3 Å². The normalized spacial score (nSPS) is 16.3. The number of hydrogen-bond acceptors (Lipinski definition) is 8. The van der Waals surface area contributed by atoms with Crippen LogP contribution in [0.3, 0.4) is 0 Å². The number of Topliss-reactive ketones (excluding diaryl/α,β-unsaturated/α-hetero) is 1. The van der Waals surface area contributed by atoms with Gasteiger partial charge in [-0.25, -0.2) is 4.68 Å². The van der Waals surface area contributed by atoms with Crippen LogP contribution < -0.4 is 4.90 Å². The molecule has 2 saturated heterocycles. The average Bonchev–Trinajstić information content (AvgIpc) is 3.76. The van der Waals surface area contributed by atoms with E-state index < -0.39 is 0 Å². The van der Waals surface area contributed by atoms with Crippen LogP contribution in [-0.2, 0) is 23.1 Å². The number of nitrogens with zero attached hydrogens (tertiary/aromatic N) is 6. The van der Waals surface area contributed by atoms with Crippen LogP contribution >= 0.6 is 0 Å². The minimum absolute atomic E-state index is 0.0201.